The summed E-state index contributed by atoms with van der Waals surface area (Å²) in [6.07, 6.45) is 1.64. The highest BCUT2D eigenvalue weighted by Crippen LogP contribution is 2.46. The van der Waals surface area contributed by atoms with Crippen LogP contribution in [-0.2, 0) is 4.79 Å². The summed E-state index contributed by atoms with van der Waals surface area (Å²) in [5, 5.41) is 4.70. The van der Waals surface area contributed by atoms with E-state index in [1.807, 2.05) is 24.3 Å². The number of carbonyl (C=O) groups excluding carboxylic acids is 1. The van der Waals surface area contributed by atoms with Gasteiger partial charge in [0.2, 0.25) is 0 Å². The highest BCUT2D eigenvalue weighted by molar-refractivity contribution is 7.17. The number of thiophene rings is 1. The third-order valence-electron chi connectivity index (χ3n) is 4.44. The molecule has 0 saturated heterocycles. The lowest BCUT2D eigenvalue weighted by Crippen LogP contribution is -2.26. The van der Waals surface area contributed by atoms with E-state index >= 15 is 0 Å². The molecule has 1 N–H and O–H groups in total. The van der Waals surface area contributed by atoms with Crippen LogP contribution in [0, 0.1) is 13.8 Å². The summed E-state index contributed by atoms with van der Waals surface area (Å²) in [4.78, 5) is 18.6. The molecule has 1 aromatic heterocycles. The van der Waals surface area contributed by atoms with Gasteiger partial charge in [-0.2, -0.15) is 0 Å². The average Bonchev–Trinajstić information content (AvgIpc) is 3.23. The van der Waals surface area contributed by atoms with Crippen molar-refractivity contribution in [2.45, 2.75) is 32.2 Å². The van der Waals surface area contributed by atoms with Gasteiger partial charge in [-0.25, -0.2) is 0 Å². The molecule has 2 aliphatic rings. The van der Waals surface area contributed by atoms with Crippen molar-refractivity contribution in [1.29, 1.82) is 0 Å². The van der Waals surface area contributed by atoms with Gasteiger partial charge in [0.15, 0.2) is 0 Å². The zero-order valence-corrected chi connectivity index (χ0v) is 13.9. The Morgan fingerprint density at radius 1 is 1.23 bits per heavy atom. The highest BCUT2D eigenvalue weighted by atomic mass is 35.5. The van der Waals surface area contributed by atoms with Crippen LogP contribution >= 0.6 is 22.9 Å². The van der Waals surface area contributed by atoms with E-state index in [-0.39, 0.29) is 5.91 Å². The van der Waals surface area contributed by atoms with Crippen molar-refractivity contribution in [3.63, 3.8) is 0 Å². The van der Waals surface area contributed by atoms with E-state index in [9.17, 15) is 4.79 Å². The number of carbonyl (C=O) groups is 1. The maximum atomic E-state index is 12.5. The van der Waals surface area contributed by atoms with Gasteiger partial charge in [0, 0.05) is 21.0 Å². The quantitative estimate of drug-likeness (QED) is 0.830. The van der Waals surface area contributed by atoms with Crippen LogP contribution in [0.3, 0.4) is 0 Å². The maximum absolute atomic E-state index is 12.5. The minimum absolute atomic E-state index is 0.0268. The lowest BCUT2D eigenvalue weighted by molar-refractivity contribution is -0.118. The Morgan fingerprint density at radius 3 is 2.55 bits per heavy atom. The Bertz CT molecular complexity index is 816. The fourth-order valence-electron chi connectivity index (χ4n) is 2.81. The van der Waals surface area contributed by atoms with Crippen molar-refractivity contribution >= 4 is 39.6 Å². The normalized spacial score (nSPS) is 18.5. The van der Waals surface area contributed by atoms with E-state index in [4.69, 9.17) is 16.6 Å². The summed E-state index contributed by atoms with van der Waals surface area (Å²) in [7, 11) is 0. The number of nitrogens with one attached hydrogen (secondary N) is 1. The van der Waals surface area contributed by atoms with Gasteiger partial charge < -0.3 is 5.32 Å². The van der Waals surface area contributed by atoms with Gasteiger partial charge in [0.1, 0.15) is 10.5 Å². The first kappa shape index (κ1) is 14.0. The van der Waals surface area contributed by atoms with Crippen LogP contribution in [-0.4, -0.2) is 17.2 Å². The molecule has 1 fully saturated rings. The molecule has 1 aliphatic carbocycles. The second-order valence-corrected chi connectivity index (χ2v) is 7.60. The van der Waals surface area contributed by atoms with Gasteiger partial charge in [0.25, 0.3) is 5.91 Å². The summed E-state index contributed by atoms with van der Waals surface area (Å²) in [6.45, 7) is 4.17. The summed E-state index contributed by atoms with van der Waals surface area (Å²) in [5.41, 5.74) is 3.60. The molecule has 0 unspecified atom stereocenters. The van der Waals surface area contributed by atoms with E-state index in [0.717, 1.165) is 34.7 Å². The van der Waals surface area contributed by atoms with Gasteiger partial charge >= 0.3 is 0 Å². The van der Waals surface area contributed by atoms with Crippen LogP contribution in [0.5, 0.6) is 0 Å². The fourth-order valence-corrected chi connectivity index (χ4v) is 4.00. The van der Waals surface area contributed by atoms with Crippen molar-refractivity contribution in [3.05, 3.63) is 50.9 Å². The predicted molar refractivity (Wildman–Crippen MR) is 91.5 cm³/mol. The Morgan fingerprint density at radius 2 is 1.91 bits per heavy atom. The van der Waals surface area contributed by atoms with E-state index < -0.39 is 5.54 Å². The molecule has 4 rings (SSSR count). The van der Waals surface area contributed by atoms with Gasteiger partial charge in [-0.3, -0.25) is 9.79 Å². The second kappa shape index (κ2) is 4.67. The molecule has 0 radical (unpaired) electrons. The lowest BCUT2D eigenvalue weighted by atomic mass is 10.00. The molecular formula is C17H15ClN2OS. The largest absolute Gasteiger partial charge is 0.315 e. The molecule has 1 aromatic carbocycles. The minimum Gasteiger partial charge on any atom is -0.315 e. The summed E-state index contributed by atoms with van der Waals surface area (Å²) in [6, 6.07) is 7.69. The van der Waals surface area contributed by atoms with Gasteiger partial charge in [-0.1, -0.05) is 23.7 Å². The molecule has 0 atom stereocenters. The third kappa shape index (κ3) is 2.02. The number of benzene rings is 1. The van der Waals surface area contributed by atoms with E-state index in [1.54, 1.807) is 11.3 Å². The van der Waals surface area contributed by atoms with Crippen LogP contribution in [0.25, 0.3) is 0 Å². The van der Waals surface area contributed by atoms with Crippen LogP contribution in [0.15, 0.2) is 29.3 Å². The SMILES string of the molecule is Cc1sc2c(c1C)C(c1ccc(Cl)cc1)=NC1(CC1)C(=O)N2. The number of fused-ring (bicyclic) bond motifs is 1. The van der Waals surface area contributed by atoms with Crippen LogP contribution in [0.1, 0.15) is 34.4 Å². The van der Waals surface area contributed by atoms with E-state index in [2.05, 4.69) is 19.2 Å². The molecule has 2 aromatic rings. The number of rotatable bonds is 1. The van der Waals surface area contributed by atoms with Crippen molar-refractivity contribution < 1.29 is 4.79 Å². The molecule has 22 heavy (non-hydrogen) atoms. The monoisotopic (exact) mass is 330 g/mol. The first-order valence-corrected chi connectivity index (χ1v) is 8.47. The number of aliphatic imine (C=N–C) groups is 1. The Balaban J connectivity index is 1.97. The molecule has 0 bridgehead atoms. The zero-order valence-electron chi connectivity index (χ0n) is 12.4. The van der Waals surface area contributed by atoms with Crippen molar-refractivity contribution in [1.82, 2.24) is 0 Å². The number of halogens is 1. The van der Waals surface area contributed by atoms with Crippen LogP contribution in [0.2, 0.25) is 5.02 Å². The van der Waals surface area contributed by atoms with E-state index in [0.29, 0.717) is 5.02 Å². The fraction of sp³-hybridized carbons (Fsp3) is 0.294. The smallest absolute Gasteiger partial charge is 0.252 e. The lowest BCUT2D eigenvalue weighted by Gasteiger charge is -2.09. The van der Waals surface area contributed by atoms with Gasteiger partial charge in [-0.15, -0.1) is 11.3 Å². The first-order valence-electron chi connectivity index (χ1n) is 7.28. The molecule has 5 heteroatoms. The maximum Gasteiger partial charge on any atom is 0.252 e. The van der Waals surface area contributed by atoms with Crippen molar-refractivity contribution in [2.75, 3.05) is 5.32 Å². The Kier molecular flexibility index (Phi) is 2.97. The third-order valence-corrected chi connectivity index (χ3v) is 5.81. The van der Waals surface area contributed by atoms with E-state index in [1.165, 1.54) is 10.4 Å². The van der Waals surface area contributed by atoms with Crippen molar-refractivity contribution in [2.24, 2.45) is 4.99 Å². The molecule has 1 spiro atoms. The number of hydrogen-bond acceptors (Lipinski definition) is 3. The number of nitrogens with zero attached hydrogens (tertiary/aromatic N) is 1. The number of aryl methyl sites for hydroxylation is 1. The molecule has 112 valence electrons. The summed E-state index contributed by atoms with van der Waals surface area (Å²) >= 11 is 7.63. The summed E-state index contributed by atoms with van der Waals surface area (Å²) in [5.74, 6) is 0.0268. The van der Waals surface area contributed by atoms with Crippen LogP contribution in [0.4, 0.5) is 5.00 Å². The zero-order chi connectivity index (χ0) is 15.5. The number of anilines is 1. The predicted octanol–water partition coefficient (Wildman–Crippen LogP) is 4.34. The Labute approximate surface area is 138 Å². The van der Waals surface area contributed by atoms with Crippen LogP contribution < -0.4 is 5.32 Å². The summed E-state index contributed by atoms with van der Waals surface area (Å²) < 4.78 is 0. The molecule has 2 heterocycles. The molecule has 1 saturated carbocycles. The Hall–Kier alpha value is -1.65. The van der Waals surface area contributed by atoms with Gasteiger partial charge in [0.05, 0.1) is 5.71 Å². The average molecular weight is 331 g/mol. The number of amides is 1. The molecule has 3 nitrogen and oxygen atoms in total. The van der Waals surface area contributed by atoms with Gasteiger partial charge in [-0.05, 0) is 44.4 Å². The molecular weight excluding hydrogens is 316 g/mol. The first-order chi connectivity index (χ1) is 10.5. The minimum atomic E-state index is -0.561. The number of hydrogen-bond donors (Lipinski definition) is 1. The topological polar surface area (TPSA) is 41.5 Å². The van der Waals surface area contributed by atoms with Crippen molar-refractivity contribution in [3.8, 4) is 0 Å². The highest BCUT2D eigenvalue weighted by Gasteiger charge is 2.52. The standard InChI is InChI=1S/C17H15ClN2OS/c1-9-10(2)22-15-13(9)14(11-3-5-12(18)6-4-11)20-17(7-8-17)16(21)19-15/h3-6H,7-8H2,1-2H3,(H,19,21). The second-order valence-electron chi connectivity index (χ2n) is 5.94. The molecule has 1 amide bonds. The molecule has 1 aliphatic heterocycles.